The summed E-state index contributed by atoms with van der Waals surface area (Å²) in [6.45, 7) is 3.71. The molecule has 2 aliphatic rings. The Bertz CT molecular complexity index is 971. The fourth-order valence-electron chi connectivity index (χ4n) is 4.18. The van der Waals surface area contributed by atoms with Crippen molar-refractivity contribution in [2.45, 2.75) is 38.1 Å². The summed E-state index contributed by atoms with van der Waals surface area (Å²) in [5.41, 5.74) is 0.327. The van der Waals surface area contributed by atoms with Crippen LogP contribution in [0.1, 0.15) is 24.9 Å². The monoisotopic (exact) mass is 438 g/mol. The first kappa shape index (κ1) is 21.5. The number of alkyl halides is 3. The number of halogens is 3. The number of fused-ring (bicyclic) bond motifs is 1. The number of ether oxygens (including phenoxy) is 2. The Morgan fingerprint density at radius 2 is 1.84 bits per heavy atom. The Kier molecular flexibility index (Phi) is 5.83. The molecule has 7 nitrogen and oxygen atoms in total. The molecule has 31 heavy (non-hydrogen) atoms. The maximum Gasteiger partial charge on any atom is 0.408 e. The highest BCUT2D eigenvalue weighted by Crippen LogP contribution is 2.39. The van der Waals surface area contributed by atoms with Crippen LogP contribution < -0.4 is 20.1 Å². The summed E-state index contributed by atoms with van der Waals surface area (Å²) in [5, 5.41) is 0. The third kappa shape index (κ3) is 4.21. The molecule has 0 radical (unpaired) electrons. The van der Waals surface area contributed by atoms with Crippen LogP contribution in [-0.2, 0) is 11.3 Å². The minimum absolute atomic E-state index is 0.0272. The van der Waals surface area contributed by atoms with Gasteiger partial charge in [0.1, 0.15) is 17.6 Å². The molecular weight excluding hydrogens is 413 g/mol. The number of aromatic nitrogens is 2. The van der Waals surface area contributed by atoms with Crippen LogP contribution in [0.2, 0.25) is 0 Å². The number of anilines is 2. The Balaban J connectivity index is 1.80. The molecule has 0 bridgehead atoms. The molecule has 0 amide bonds. The molecule has 2 aliphatic heterocycles. The van der Waals surface area contributed by atoms with Gasteiger partial charge in [-0.15, -0.1) is 0 Å². The number of hydrogen-bond donors (Lipinski definition) is 0. The molecule has 10 heteroatoms. The normalized spacial score (nSPS) is 20.4. The minimum atomic E-state index is -4.46. The Morgan fingerprint density at radius 1 is 1.16 bits per heavy atom. The van der Waals surface area contributed by atoms with Gasteiger partial charge < -0.3 is 19.3 Å². The SMILES string of the molecule is COc1ccc(C(C)N2c3nc(N4CCOCC4)cc(=O)n3CCC2C(F)(F)F)cc1. The topological polar surface area (TPSA) is 59.8 Å². The second-order valence-corrected chi connectivity index (χ2v) is 7.71. The summed E-state index contributed by atoms with van der Waals surface area (Å²) in [4.78, 5) is 20.5. The lowest BCUT2D eigenvalue weighted by molar-refractivity contribution is -0.154. The van der Waals surface area contributed by atoms with E-state index in [1.807, 2.05) is 4.90 Å². The first-order chi connectivity index (χ1) is 14.8. The van der Waals surface area contributed by atoms with Gasteiger partial charge in [0.15, 0.2) is 0 Å². The van der Waals surface area contributed by atoms with E-state index in [2.05, 4.69) is 4.98 Å². The van der Waals surface area contributed by atoms with Crippen LogP contribution in [0.15, 0.2) is 35.1 Å². The van der Waals surface area contributed by atoms with Crippen molar-refractivity contribution in [3.05, 3.63) is 46.2 Å². The average Bonchev–Trinajstić information content (AvgIpc) is 2.78. The molecule has 0 N–H and O–H groups in total. The van der Waals surface area contributed by atoms with Gasteiger partial charge >= 0.3 is 6.18 Å². The van der Waals surface area contributed by atoms with Gasteiger partial charge in [-0.25, -0.2) is 0 Å². The maximum atomic E-state index is 14.0. The van der Waals surface area contributed by atoms with Crippen molar-refractivity contribution in [1.82, 2.24) is 9.55 Å². The van der Waals surface area contributed by atoms with Crippen LogP contribution in [-0.4, -0.2) is 55.2 Å². The highest BCUT2D eigenvalue weighted by Gasteiger charge is 2.48. The largest absolute Gasteiger partial charge is 0.497 e. The highest BCUT2D eigenvalue weighted by molar-refractivity contribution is 5.49. The van der Waals surface area contributed by atoms with Crippen LogP contribution in [0.25, 0.3) is 0 Å². The predicted octanol–water partition coefficient (Wildman–Crippen LogP) is 2.99. The van der Waals surface area contributed by atoms with Crippen LogP contribution in [0.3, 0.4) is 0 Å². The molecule has 1 aromatic heterocycles. The second-order valence-electron chi connectivity index (χ2n) is 7.71. The van der Waals surface area contributed by atoms with Crippen molar-refractivity contribution in [2.24, 2.45) is 0 Å². The first-order valence-electron chi connectivity index (χ1n) is 10.2. The Hall–Kier alpha value is -2.75. The summed E-state index contributed by atoms with van der Waals surface area (Å²) in [5.74, 6) is 1.05. The van der Waals surface area contributed by atoms with Gasteiger partial charge in [-0.3, -0.25) is 9.36 Å². The molecule has 3 heterocycles. The van der Waals surface area contributed by atoms with Gasteiger partial charge in [-0.2, -0.15) is 18.2 Å². The van der Waals surface area contributed by atoms with E-state index >= 15 is 0 Å². The third-order valence-corrected chi connectivity index (χ3v) is 5.90. The Labute approximate surface area is 178 Å². The van der Waals surface area contributed by atoms with Gasteiger partial charge in [0.2, 0.25) is 5.95 Å². The molecule has 1 fully saturated rings. The molecule has 4 rings (SSSR count). The number of rotatable bonds is 4. The van der Waals surface area contributed by atoms with Crippen LogP contribution in [0.4, 0.5) is 24.9 Å². The van der Waals surface area contributed by atoms with Crippen molar-refractivity contribution in [1.29, 1.82) is 0 Å². The lowest BCUT2D eigenvalue weighted by atomic mass is 10.0. The highest BCUT2D eigenvalue weighted by atomic mass is 19.4. The van der Waals surface area contributed by atoms with E-state index in [0.717, 1.165) is 0 Å². The zero-order chi connectivity index (χ0) is 22.2. The molecule has 1 aromatic carbocycles. The minimum Gasteiger partial charge on any atom is -0.497 e. The van der Waals surface area contributed by atoms with Gasteiger partial charge in [-0.1, -0.05) is 12.1 Å². The van der Waals surface area contributed by atoms with Crippen LogP contribution in [0, 0.1) is 0 Å². The standard InChI is InChI=1S/C21H25F3N4O3/c1-14(15-3-5-16(30-2)6-4-15)28-17(21(22,23)24)7-8-27-19(29)13-18(25-20(27)28)26-9-11-31-12-10-26/h3-6,13-14,17H,7-12H2,1-2H3. The quantitative estimate of drug-likeness (QED) is 0.732. The van der Waals surface area contributed by atoms with E-state index < -0.39 is 18.3 Å². The van der Waals surface area contributed by atoms with Crippen LogP contribution >= 0.6 is 0 Å². The molecule has 168 valence electrons. The lowest BCUT2D eigenvalue weighted by Gasteiger charge is -2.43. The van der Waals surface area contributed by atoms with E-state index in [1.54, 1.807) is 31.2 Å². The summed E-state index contributed by atoms with van der Waals surface area (Å²) in [7, 11) is 1.53. The number of morpholine rings is 1. The van der Waals surface area contributed by atoms with E-state index in [-0.39, 0.29) is 24.5 Å². The van der Waals surface area contributed by atoms with Gasteiger partial charge in [-0.05, 0) is 31.0 Å². The number of nitrogens with zero attached hydrogens (tertiary/aromatic N) is 4. The number of hydrogen-bond acceptors (Lipinski definition) is 6. The van der Waals surface area contributed by atoms with Crippen molar-refractivity contribution in [2.75, 3.05) is 43.2 Å². The summed E-state index contributed by atoms with van der Waals surface area (Å²) < 4.78 is 53.9. The van der Waals surface area contributed by atoms with Crippen molar-refractivity contribution in [3.63, 3.8) is 0 Å². The summed E-state index contributed by atoms with van der Waals surface area (Å²) >= 11 is 0. The lowest BCUT2D eigenvalue weighted by Crippen LogP contribution is -2.53. The molecule has 0 spiro atoms. The number of benzene rings is 1. The van der Waals surface area contributed by atoms with Crippen molar-refractivity contribution < 1.29 is 22.6 Å². The smallest absolute Gasteiger partial charge is 0.408 e. The van der Waals surface area contributed by atoms with E-state index in [0.29, 0.717) is 43.4 Å². The third-order valence-electron chi connectivity index (χ3n) is 5.90. The fourth-order valence-corrected chi connectivity index (χ4v) is 4.18. The molecule has 1 saturated heterocycles. The average molecular weight is 438 g/mol. The number of methoxy groups -OCH3 is 1. The van der Waals surface area contributed by atoms with E-state index in [4.69, 9.17) is 9.47 Å². The second kappa shape index (κ2) is 8.41. The Morgan fingerprint density at radius 3 is 2.45 bits per heavy atom. The molecule has 0 aliphatic carbocycles. The summed E-state index contributed by atoms with van der Waals surface area (Å²) in [6, 6.07) is 5.90. The first-order valence-corrected chi connectivity index (χ1v) is 10.2. The molecule has 2 atom stereocenters. The van der Waals surface area contributed by atoms with Gasteiger partial charge in [0, 0.05) is 25.7 Å². The zero-order valence-electron chi connectivity index (χ0n) is 17.4. The molecular formula is C21H25F3N4O3. The van der Waals surface area contributed by atoms with Gasteiger partial charge in [0.05, 0.1) is 26.4 Å². The molecule has 0 saturated carbocycles. The fraction of sp³-hybridized carbons (Fsp3) is 0.524. The molecule has 2 unspecified atom stereocenters. The maximum absolute atomic E-state index is 14.0. The predicted molar refractivity (Wildman–Crippen MR) is 110 cm³/mol. The van der Waals surface area contributed by atoms with Gasteiger partial charge in [0.25, 0.3) is 5.56 Å². The van der Waals surface area contributed by atoms with Crippen molar-refractivity contribution in [3.8, 4) is 5.75 Å². The van der Waals surface area contributed by atoms with E-state index in [1.165, 1.54) is 22.6 Å². The molecule has 2 aromatic rings. The van der Waals surface area contributed by atoms with Crippen molar-refractivity contribution >= 4 is 11.8 Å². The van der Waals surface area contributed by atoms with E-state index in [9.17, 15) is 18.0 Å². The zero-order valence-corrected chi connectivity index (χ0v) is 17.4. The van der Waals surface area contributed by atoms with Crippen LogP contribution in [0.5, 0.6) is 5.75 Å². The summed E-state index contributed by atoms with van der Waals surface area (Å²) in [6.07, 6.45) is -4.67.